The van der Waals surface area contributed by atoms with Gasteiger partial charge in [0.1, 0.15) is 12.7 Å². The van der Waals surface area contributed by atoms with Gasteiger partial charge in [-0.15, -0.1) is 0 Å². The van der Waals surface area contributed by atoms with Gasteiger partial charge >= 0.3 is 14.8 Å². The third-order valence-electron chi connectivity index (χ3n) is 3.03. The molecule has 0 rings (SSSR count). The molecule has 0 bridgehead atoms. The van der Waals surface area contributed by atoms with E-state index in [2.05, 4.69) is 5.32 Å². The molecule has 1 atom stereocenters. The predicted molar refractivity (Wildman–Crippen MR) is 94.7 cm³/mol. The molecular weight excluding hydrogens is 330 g/mol. The van der Waals surface area contributed by atoms with E-state index in [9.17, 15) is 9.90 Å². The molecule has 0 aromatic rings. The zero-order chi connectivity index (χ0) is 18.3. The number of hydrogen-bond donors (Lipinski definition) is 2. The summed E-state index contributed by atoms with van der Waals surface area (Å²) in [4.78, 5) is 11.1. The maximum Gasteiger partial charge on any atom is 0.500 e. The first-order chi connectivity index (χ1) is 11.5. The van der Waals surface area contributed by atoms with Crippen LogP contribution in [0.15, 0.2) is 12.2 Å². The third kappa shape index (κ3) is 10.9. The van der Waals surface area contributed by atoms with Crippen LogP contribution in [-0.2, 0) is 22.8 Å². The minimum absolute atomic E-state index is 0.0221. The molecule has 0 heterocycles. The van der Waals surface area contributed by atoms with Crippen molar-refractivity contribution in [2.75, 3.05) is 39.5 Å². The van der Waals surface area contributed by atoms with Crippen molar-refractivity contribution in [1.82, 2.24) is 5.32 Å². The van der Waals surface area contributed by atoms with E-state index in [1.54, 1.807) is 13.0 Å². The Morgan fingerprint density at radius 1 is 1.17 bits per heavy atom. The molecule has 24 heavy (non-hydrogen) atoms. The average Bonchev–Trinajstić information content (AvgIpc) is 2.53. The minimum atomic E-state index is -2.59. The minimum Gasteiger partial charge on any atom is -0.460 e. The van der Waals surface area contributed by atoms with E-state index in [1.807, 2.05) is 20.8 Å². The van der Waals surface area contributed by atoms with Crippen LogP contribution in [0.4, 0.5) is 0 Å². The Balaban J connectivity index is 4.01. The van der Waals surface area contributed by atoms with E-state index in [0.717, 1.165) is 12.5 Å². The Kier molecular flexibility index (Phi) is 14.1. The van der Waals surface area contributed by atoms with Crippen LogP contribution in [0.3, 0.4) is 0 Å². The first kappa shape index (κ1) is 23.2. The van der Waals surface area contributed by atoms with E-state index in [-0.39, 0.29) is 6.61 Å². The maximum absolute atomic E-state index is 11.1. The monoisotopic (exact) mass is 363 g/mol. The van der Waals surface area contributed by atoms with E-state index in [1.165, 1.54) is 6.08 Å². The lowest BCUT2D eigenvalue weighted by molar-refractivity contribution is -0.140. The third-order valence-corrected chi connectivity index (χ3v) is 6.18. The van der Waals surface area contributed by atoms with Crippen molar-refractivity contribution < 1.29 is 27.9 Å². The number of aliphatic hydroxyl groups is 1. The number of carbonyl (C=O) groups excluding carboxylic acids is 1. The molecule has 1 unspecified atom stereocenters. The summed E-state index contributed by atoms with van der Waals surface area (Å²) in [5.74, 6) is -0.447. The smallest absolute Gasteiger partial charge is 0.460 e. The summed E-state index contributed by atoms with van der Waals surface area (Å²) in [5, 5.41) is 12.9. The summed E-state index contributed by atoms with van der Waals surface area (Å²) in [5.41, 5.74) is 0. The lowest BCUT2D eigenvalue weighted by Gasteiger charge is -2.28. The fourth-order valence-corrected chi connectivity index (χ4v) is 4.73. The van der Waals surface area contributed by atoms with Crippen LogP contribution in [0.2, 0.25) is 6.04 Å². The number of carbonyl (C=O) groups is 1. The van der Waals surface area contributed by atoms with Crippen LogP contribution in [0.1, 0.15) is 34.1 Å². The molecule has 142 valence electrons. The zero-order valence-corrected chi connectivity index (χ0v) is 16.4. The Bertz CT molecular complexity index is 336. The van der Waals surface area contributed by atoms with Crippen molar-refractivity contribution >= 4 is 14.8 Å². The van der Waals surface area contributed by atoms with Gasteiger partial charge in [-0.05, 0) is 40.7 Å². The quantitative estimate of drug-likeness (QED) is 0.197. The average molecular weight is 364 g/mol. The second-order valence-electron chi connectivity index (χ2n) is 5.07. The molecule has 0 fully saturated rings. The first-order valence-electron chi connectivity index (χ1n) is 8.63. The highest BCUT2D eigenvalue weighted by Gasteiger charge is 2.39. The molecule has 0 amide bonds. The fraction of sp³-hybridized carbons (Fsp3) is 0.812. The Morgan fingerprint density at radius 2 is 1.75 bits per heavy atom. The summed E-state index contributed by atoms with van der Waals surface area (Å²) in [6, 6.07) is 0.724. The van der Waals surface area contributed by atoms with E-state index in [0.29, 0.717) is 32.9 Å². The molecule has 0 spiro atoms. The van der Waals surface area contributed by atoms with Gasteiger partial charge in [-0.2, -0.15) is 0 Å². The number of allylic oxidation sites excluding steroid dienone is 1. The van der Waals surface area contributed by atoms with Gasteiger partial charge in [0.05, 0.1) is 0 Å². The normalized spacial score (nSPS) is 13.4. The highest BCUT2D eigenvalue weighted by molar-refractivity contribution is 6.60. The molecule has 0 aliphatic carbocycles. The summed E-state index contributed by atoms with van der Waals surface area (Å²) >= 11 is 0. The van der Waals surface area contributed by atoms with Gasteiger partial charge in [0.25, 0.3) is 0 Å². The number of nitrogens with one attached hydrogen (secondary N) is 1. The van der Waals surface area contributed by atoms with E-state index >= 15 is 0 Å². The largest absolute Gasteiger partial charge is 0.500 e. The number of hydrogen-bond acceptors (Lipinski definition) is 7. The van der Waals surface area contributed by atoms with Gasteiger partial charge in [0.15, 0.2) is 0 Å². The second-order valence-corrected chi connectivity index (χ2v) is 7.81. The molecule has 0 saturated carbocycles. The van der Waals surface area contributed by atoms with Gasteiger partial charge in [-0.3, -0.25) is 0 Å². The Morgan fingerprint density at radius 3 is 2.25 bits per heavy atom. The summed E-state index contributed by atoms with van der Waals surface area (Å²) in [7, 11) is -2.59. The molecular formula is C16H33NO6Si. The lowest BCUT2D eigenvalue weighted by Crippen LogP contribution is -2.46. The van der Waals surface area contributed by atoms with Crippen molar-refractivity contribution in [3.8, 4) is 0 Å². The van der Waals surface area contributed by atoms with Crippen molar-refractivity contribution in [2.45, 2.75) is 46.3 Å². The first-order valence-corrected chi connectivity index (χ1v) is 10.6. The molecule has 8 heteroatoms. The maximum atomic E-state index is 11.1. The van der Waals surface area contributed by atoms with Crippen LogP contribution in [0.5, 0.6) is 0 Å². The van der Waals surface area contributed by atoms with Crippen LogP contribution in [0.25, 0.3) is 0 Å². The molecule has 0 saturated heterocycles. The lowest BCUT2D eigenvalue weighted by atomic mass is 10.3. The summed E-state index contributed by atoms with van der Waals surface area (Å²) < 4.78 is 22.2. The van der Waals surface area contributed by atoms with Gasteiger partial charge in [0, 0.05) is 38.5 Å². The highest BCUT2D eigenvalue weighted by Crippen LogP contribution is 2.17. The summed E-state index contributed by atoms with van der Waals surface area (Å²) in [6.07, 6.45) is 3.00. The van der Waals surface area contributed by atoms with Crippen LogP contribution >= 0.6 is 0 Å². The molecule has 0 aliphatic heterocycles. The number of ether oxygens (including phenoxy) is 1. The summed E-state index contributed by atoms with van der Waals surface area (Å²) in [6.45, 7) is 10.3. The van der Waals surface area contributed by atoms with Gasteiger partial charge in [-0.25, -0.2) is 4.79 Å². The number of aliphatic hydroxyl groups excluding tert-OH is 1. The molecule has 0 radical (unpaired) electrons. The topological polar surface area (TPSA) is 86.3 Å². The van der Waals surface area contributed by atoms with Crippen molar-refractivity contribution in [1.29, 1.82) is 0 Å². The van der Waals surface area contributed by atoms with Crippen LogP contribution in [-0.4, -0.2) is 65.5 Å². The molecule has 0 aromatic heterocycles. The van der Waals surface area contributed by atoms with Crippen LogP contribution < -0.4 is 5.32 Å². The Hall–Kier alpha value is -0.773. The molecule has 7 nitrogen and oxygen atoms in total. The van der Waals surface area contributed by atoms with E-state index < -0.39 is 20.9 Å². The van der Waals surface area contributed by atoms with E-state index in [4.69, 9.17) is 18.0 Å². The standard InChI is InChI=1S/C16H33NO6Si/c1-5-10-16(19)20-14-15(18)13-17-11-9-12-24(21-6-2,22-7-3)23-8-4/h5,10,15,17-18H,6-9,11-14H2,1-4H3. The number of rotatable bonds is 15. The SMILES string of the molecule is CC=CC(=O)OCC(O)CNCCC[Si](OCC)(OCC)OCC. The van der Waals surface area contributed by atoms with Crippen molar-refractivity contribution in [2.24, 2.45) is 0 Å². The fourth-order valence-electron chi connectivity index (χ4n) is 2.12. The highest BCUT2D eigenvalue weighted by atomic mass is 28.4. The van der Waals surface area contributed by atoms with Crippen molar-refractivity contribution in [3.05, 3.63) is 12.2 Å². The van der Waals surface area contributed by atoms with Gasteiger partial charge < -0.3 is 28.4 Å². The van der Waals surface area contributed by atoms with Crippen LogP contribution in [0, 0.1) is 0 Å². The zero-order valence-electron chi connectivity index (χ0n) is 15.4. The second kappa shape index (κ2) is 14.6. The predicted octanol–water partition coefficient (Wildman–Crippen LogP) is 1.49. The van der Waals surface area contributed by atoms with Gasteiger partial charge in [0.2, 0.25) is 0 Å². The molecule has 0 aromatic carbocycles. The molecule has 0 aliphatic rings. The molecule has 2 N–H and O–H groups in total. The number of esters is 1. The Labute approximate surface area is 146 Å². The van der Waals surface area contributed by atoms with Crippen molar-refractivity contribution in [3.63, 3.8) is 0 Å². The van der Waals surface area contributed by atoms with Gasteiger partial charge in [-0.1, -0.05) is 6.08 Å².